The molecule has 0 spiro atoms. The number of ether oxygens (including phenoxy) is 11. The van der Waals surface area contributed by atoms with E-state index in [0.717, 1.165) is 227 Å². The lowest BCUT2D eigenvalue weighted by molar-refractivity contribution is -0.167. The van der Waals surface area contributed by atoms with Crippen LogP contribution in [0.2, 0.25) is 0 Å². The molecule has 132 heavy (non-hydrogen) atoms. The van der Waals surface area contributed by atoms with Crippen LogP contribution in [0.15, 0.2) is 116 Å². The Labute approximate surface area is 822 Å². The zero-order valence-electron chi connectivity index (χ0n) is 79.7. The number of fused-ring (bicyclic) bond motifs is 4. The lowest BCUT2D eigenvalue weighted by atomic mass is 9.80. The topological polar surface area (TPSA) is 247 Å². The summed E-state index contributed by atoms with van der Waals surface area (Å²) >= 11 is 17.6. The molecule has 0 aliphatic carbocycles. The van der Waals surface area contributed by atoms with Crippen molar-refractivity contribution in [3.8, 4) is 88.6 Å². The van der Waals surface area contributed by atoms with Crippen molar-refractivity contribution < 1.29 is 85.7 Å². The number of aryl methyl sites for hydroxylation is 8. The highest BCUT2D eigenvalue weighted by Crippen LogP contribution is 2.53. The Morgan fingerprint density at radius 1 is 0.417 bits per heavy atom. The maximum atomic E-state index is 13.3. The number of aliphatic carboxylic acids is 1. The summed E-state index contributed by atoms with van der Waals surface area (Å²) in [5.74, 6) is 1.63. The van der Waals surface area contributed by atoms with Crippen molar-refractivity contribution in [2.24, 2.45) is 0 Å². The number of carboxylic acid groups (broad SMARTS) is 1. The summed E-state index contributed by atoms with van der Waals surface area (Å²) in [4.78, 5) is 57.5. The minimum absolute atomic E-state index is 0.279. The molecular weight excluding hydrogens is 1940 g/mol. The van der Waals surface area contributed by atoms with Crippen LogP contribution in [0.5, 0.6) is 23.0 Å². The van der Waals surface area contributed by atoms with Gasteiger partial charge in [-0.15, -0.1) is 45.3 Å². The maximum Gasteiger partial charge on any atom is 0.506 e. The van der Waals surface area contributed by atoms with Gasteiger partial charge in [-0.25, -0.2) is 19.2 Å². The molecule has 31 heteroatoms. The summed E-state index contributed by atoms with van der Waals surface area (Å²) in [6, 6.07) is 30.9. The third kappa shape index (κ3) is 25.6. The van der Waals surface area contributed by atoms with Crippen LogP contribution in [-0.2, 0) is 87.3 Å². The molecule has 12 heterocycles. The molecule has 21 nitrogen and oxygen atoms in total. The molecule has 708 valence electrons. The Hall–Kier alpha value is -7.57. The number of aromatic nitrogens is 3. The molecule has 4 unspecified atom stereocenters. The number of esters is 3. The zero-order chi connectivity index (χ0) is 95.7. The molecule has 1 N–H and O–H groups in total. The fourth-order valence-electron chi connectivity index (χ4n) is 16.0. The van der Waals surface area contributed by atoms with Crippen LogP contribution >= 0.6 is 112 Å². The SMILES string of the molecule is Brc1ccsn1.CCOC(=O)C(OC(C)(C)C)c1c(C)sc(-c2ccsn2)c1-c1ccc2c(c1)CCCO2.CCOC(=O)C(OC(C)(C)C)c1c(C)sc(B2OC(C)(C)C(C)(C)O2)c1-c1ccc2c(c1)CCCO2.CCOC(=O)C(OC(C)(C)C)c1c(C)sc(Br)c1-c1ccc2c(c1)CCCO2.Cc1sc(-c2ccsn2)c(-c2ccc3c(c2)CCCO3)c1C(OC(C)(C)C)C(=O)O. The van der Waals surface area contributed by atoms with E-state index in [-0.39, 0.29) is 18.5 Å². The molecule has 1 fully saturated rings. The highest BCUT2D eigenvalue weighted by Gasteiger charge is 2.54. The van der Waals surface area contributed by atoms with E-state index in [1.165, 1.54) is 45.7 Å². The van der Waals surface area contributed by atoms with Crippen LogP contribution in [0.1, 0.15) is 246 Å². The quantitative estimate of drug-likeness (QED) is 0.0376. The number of carboxylic acids is 1. The highest BCUT2D eigenvalue weighted by atomic mass is 79.9. The Bertz CT molecular complexity index is 5790. The number of thiophene rings is 4. The van der Waals surface area contributed by atoms with Gasteiger partial charge in [0.15, 0.2) is 24.4 Å². The van der Waals surface area contributed by atoms with Crippen molar-refractivity contribution in [1.82, 2.24) is 13.1 Å². The summed E-state index contributed by atoms with van der Waals surface area (Å²) in [6.07, 6.45) is 4.34. The molecular formula is C101H122BBr2N3O18S7. The van der Waals surface area contributed by atoms with Gasteiger partial charge in [-0.2, -0.15) is 13.1 Å². The molecule has 0 bridgehead atoms. The summed E-state index contributed by atoms with van der Waals surface area (Å²) in [5, 5.41) is 15.9. The van der Waals surface area contributed by atoms with Crippen molar-refractivity contribution in [2.45, 2.75) is 269 Å². The van der Waals surface area contributed by atoms with Gasteiger partial charge >= 0.3 is 31.0 Å². The van der Waals surface area contributed by atoms with Gasteiger partial charge in [0.05, 0.1) is 105 Å². The lowest BCUT2D eigenvalue weighted by Gasteiger charge is -2.32. The number of rotatable bonds is 22. The largest absolute Gasteiger partial charge is 0.506 e. The molecule has 11 aromatic rings. The smallest absolute Gasteiger partial charge is 0.493 e. The van der Waals surface area contributed by atoms with Crippen LogP contribution in [0.3, 0.4) is 0 Å². The Morgan fingerprint density at radius 2 is 0.720 bits per heavy atom. The Kier molecular flexibility index (Phi) is 34.7. The maximum absolute atomic E-state index is 13.3. The molecule has 4 aromatic carbocycles. The van der Waals surface area contributed by atoms with Crippen LogP contribution in [0.4, 0.5) is 0 Å². The van der Waals surface area contributed by atoms with Gasteiger partial charge in [0, 0.05) is 79.4 Å². The summed E-state index contributed by atoms with van der Waals surface area (Å²) < 4.78 is 93.3. The fourth-order valence-corrected chi connectivity index (χ4v) is 23.7. The summed E-state index contributed by atoms with van der Waals surface area (Å²) in [6.45, 7) is 48.8. The van der Waals surface area contributed by atoms with Crippen LogP contribution in [-0.4, -0.2) is 129 Å². The normalized spacial score (nSPS) is 15.8. The standard InChI is InChI=1S/C28H39BO6S.C25H29NO4S2.C23H25NO4S2.C22H27BrO4S.C3H2BrNS/c1-10-31-25(30)23(33-26(3,4)5)21-17(2)36-24(29-34-27(6,7)28(8,9)35-29)22(21)19-13-14-20-18(16-19)12-11-15-32-20;1-6-28-24(27)22(30-25(3,4)5)20-15(2)32-23(18-11-13-31-26-18)21(20)17-9-10-19-16(14-17)8-7-12-29-19;1-13-18(20(22(25)26)28-23(2,3)4)19(21(30-13)16-9-11-29-24-16)15-7-8-17-14(12-15)6-5-10-27-17;1-6-25-21(24)19(27-22(3,4)5)17-13(2)28-20(23)18(17)15-9-10-16-14(12-15)8-7-11-26-16;4-3-1-2-6-5-3/h13-14,16,23H,10-12,15H2,1-9H3;9-11,13-14,22H,6-8,12H2,1-5H3;7-9,11-12,20H,5-6,10H2,1-4H3,(H,25,26);9-10,12,19H,6-8,11H2,1-5H3;1-2H. The number of carbonyl (C=O) groups excluding carboxylic acids is 3. The number of nitrogens with zero attached hydrogens (tertiary/aromatic N) is 3. The second kappa shape index (κ2) is 44.3. The molecule has 0 radical (unpaired) electrons. The van der Waals surface area contributed by atoms with Gasteiger partial charge < -0.3 is 66.5 Å². The van der Waals surface area contributed by atoms with Gasteiger partial charge in [0.25, 0.3) is 0 Å². The van der Waals surface area contributed by atoms with Gasteiger partial charge in [-0.1, -0.05) is 24.3 Å². The fraction of sp³-hybridized carbons (Fsp3) is 0.475. The van der Waals surface area contributed by atoms with Crippen molar-refractivity contribution in [3.05, 3.63) is 180 Å². The predicted molar refractivity (Wildman–Crippen MR) is 541 cm³/mol. The second-order valence-corrected chi connectivity index (χ2v) is 46.5. The number of hydrogen-bond acceptors (Lipinski definition) is 27. The predicted octanol–water partition coefficient (Wildman–Crippen LogP) is 26.6. The van der Waals surface area contributed by atoms with E-state index in [4.69, 9.17) is 61.4 Å². The van der Waals surface area contributed by atoms with Crippen molar-refractivity contribution in [1.29, 1.82) is 0 Å². The molecule has 5 aliphatic heterocycles. The summed E-state index contributed by atoms with van der Waals surface area (Å²) in [5.41, 5.74) is 14.5. The van der Waals surface area contributed by atoms with Gasteiger partial charge in [-0.05, 0) is 394 Å². The molecule has 1 saturated heterocycles. The van der Waals surface area contributed by atoms with E-state index in [9.17, 15) is 24.3 Å². The van der Waals surface area contributed by atoms with Crippen LogP contribution in [0, 0.1) is 27.7 Å². The highest BCUT2D eigenvalue weighted by molar-refractivity contribution is 9.11. The molecule has 4 atom stereocenters. The van der Waals surface area contributed by atoms with Crippen LogP contribution < -0.4 is 23.7 Å². The Balaban J connectivity index is 0.000000156. The molecule has 16 rings (SSSR count). The second-order valence-electron chi connectivity index (χ2n) is 37.4. The Morgan fingerprint density at radius 3 is 1.03 bits per heavy atom. The number of carbonyl (C=O) groups is 4. The average Bonchev–Trinajstić information content (AvgIpc) is 1.59. The summed E-state index contributed by atoms with van der Waals surface area (Å²) in [7, 11) is -0.563. The van der Waals surface area contributed by atoms with Gasteiger partial charge in [-0.3, -0.25) is 0 Å². The molecule has 7 aromatic heterocycles. The van der Waals surface area contributed by atoms with E-state index in [2.05, 4.69) is 115 Å². The number of hydrogen-bond donors (Lipinski definition) is 1. The van der Waals surface area contributed by atoms with Crippen molar-refractivity contribution in [2.75, 3.05) is 46.2 Å². The molecule has 0 amide bonds. The first-order valence-electron chi connectivity index (χ1n) is 44.8. The molecule has 0 saturated carbocycles. The van der Waals surface area contributed by atoms with Gasteiger partial charge in [0.1, 0.15) is 27.6 Å². The van der Waals surface area contributed by atoms with E-state index in [1.54, 1.807) is 45.3 Å². The number of benzene rings is 4. The first-order chi connectivity index (χ1) is 62.4. The average molecular weight is 2060 g/mol. The van der Waals surface area contributed by atoms with E-state index in [0.29, 0.717) is 18.8 Å². The minimum atomic E-state index is -1.06. The monoisotopic (exact) mass is 2060 g/mol. The van der Waals surface area contributed by atoms with E-state index in [1.807, 2.05) is 196 Å². The zero-order valence-corrected chi connectivity index (χ0v) is 88.6. The van der Waals surface area contributed by atoms with E-state index < -0.39 is 77.1 Å². The first kappa shape index (κ1) is 103. The first-order valence-corrected chi connectivity index (χ1v) is 52.1. The van der Waals surface area contributed by atoms with Crippen molar-refractivity contribution in [3.63, 3.8) is 0 Å². The third-order valence-electron chi connectivity index (χ3n) is 22.2. The van der Waals surface area contributed by atoms with Crippen LogP contribution in [0.25, 0.3) is 65.6 Å². The minimum Gasteiger partial charge on any atom is -0.493 e. The van der Waals surface area contributed by atoms with Crippen molar-refractivity contribution >= 4 is 148 Å². The lowest BCUT2D eigenvalue weighted by Crippen LogP contribution is -2.41. The molecule has 5 aliphatic rings. The van der Waals surface area contributed by atoms with Gasteiger partial charge in [0.2, 0.25) is 0 Å². The van der Waals surface area contributed by atoms with E-state index >= 15 is 0 Å². The third-order valence-corrected chi connectivity index (χ3v) is 29.7. The number of halogens is 2.